The number of pyridine rings is 1. The smallest absolute Gasteiger partial charge is 0.272 e. The van der Waals surface area contributed by atoms with Crippen LogP contribution in [0.3, 0.4) is 0 Å². The fourth-order valence-corrected chi connectivity index (χ4v) is 4.46. The highest BCUT2D eigenvalue weighted by molar-refractivity contribution is 7.12. The SMILES string of the molecule is N#Cc1c[nH]c(=O)c2c1c(C1CCCC1)cn2-c1csc(C(N)=O)c1. The van der Waals surface area contributed by atoms with Crippen LogP contribution in [0.4, 0.5) is 0 Å². The van der Waals surface area contributed by atoms with E-state index in [1.165, 1.54) is 17.5 Å². The summed E-state index contributed by atoms with van der Waals surface area (Å²) < 4.78 is 1.78. The monoisotopic (exact) mass is 352 g/mol. The highest BCUT2D eigenvalue weighted by Crippen LogP contribution is 2.39. The number of aromatic nitrogens is 2. The van der Waals surface area contributed by atoms with Gasteiger partial charge in [-0.15, -0.1) is 11.3 Å². The molecule has 0 unspecified atom stereocenters. The van der Waals surface area contributed by atoms with E-state index in [9.17, 15) is 14.9 Å². The van der Waals surface area contributed by atoms with Gasteiger partial charge in [-0.2, -0.15) is 5.26 Å². The molecule has 0 bridgehead atoms. The number of nitrogens with two attached hydrogens (primary N) is 1. The summed E-state index contributed by atoms with van der Waals surface area (Å²) in [4.78, 5) is 27.0. The molecule has 1 fully saturated rings. The molecule has 1 amide bonds. The van der Waals surface area contributed by atoms with Crippen molar-refractivity contribution < 1.29 is 4.79 Å². The van der Waals surface area contributed by atoms with Crippen molar-refractivity contribution >= 4 is 28.1 Å². The number of carbonyl (C=O) groups excluding carboxylic acids is 1. The van der Waals surface area contributed by atoms with Crippen LogP contribution in [0.15, 0.2) is 28.6 Å². The number of nitrogens with zero attached hydrogens (tertiary/aromatic N) is 2. The van der Waals surface area contributed by atoms with Gasteiger partial charge in [0.25, 0.3) is 11.5 Å². The quantitative estimate of drug-likeness (QED) is 0.757. The number of hydrogen-bond donors (Lipinski definition) is 2. The Morgan fingerprint density at radius 2 is 2.16 bits per heavy atom. The Balaban J connectivity index is 2.03. The van der Waals surface area contributed by atoms with Gasteiger partial charge in [-0.25, -0.2) is 0 Å². The molecular formula is C18H16N4O2S. The maximum absolute atomic E-state index is 12.5. The number of rotatable bonds is 3. The fraction of sp³-hybridized carbons (Fsp3) is 0.278. The number of nitriles is 1. The Hall–Kier alpha value is -2.85. The molecule has 25 heavy (non-hydrogen) atoms. The number of amides is 1. The molecule has 1 aliphatic rings. The summed E-state index contributed by atoms with van der Waals surface area (Å²) in [6.45, 7) is 0. The van der Waals surface area contributed by atoms with Crippen LogP contribution in [0.25, 0.3) is 16.6 Å². The Morgan fingerprint density at radius 3 is 2.80 bits per heavy atom. The van der Waals surface area contributed by atoms with Gasteiger partial charge in [-0.3, -0.25) is 9.59 Å². The highest BCUT2D eigenvalue weighted by Gasteiger charge is 2.25. The van der Waals surface area contributed by atoms with Gasteiger partial charge in [-0.05, 0) is 30.4 Å². The molecule has 7 heteroatoms. The molecule has 1 aliphatic carbocycles. The fourth-order valence-electron chi connectivity index (χ4n) is 3.73. The molecule has 3 aromatic rings. The van der Waals surface area contributed by atoms with E-state index < -0.39 is 5.91 Å². The minimum atomic E-state index is -0.490. The zero-order valence-electron chi connectivity index (χ0n) is 13.4. The Kier molecular flexibility index (Phi) is 3.70. The Labute approximate surface area is 147 Å². The van der Waals surface area contributed by atoms with Gasteiger partial charge in [0.05, 0.1) is 16.1 Å². The zero-order chi connectivity index (χ0) is 17.6. The van der Waals surface area contributed by atoms with E-state index in [0.29, 0.717) is 27.6 Å². The van der Waals surface area contributed by atoms with Gasteiger partial charge >= 0.3 is 0 Å². The van der Waals surface area contributed by atoms with Crippen LogP contribution in [0.2, 0.25) is 0 Å². The van der Waals surface area contributed by atoms with E-state index in [-0.39, 0.29) is 5.56 Å². The molecule has 0 aliphatic heterocycles. The summed E-state index contributed by atoms with van der Waals surface area (Å²) >= 11 is 1.25. The number of thiophene rings is 1. The summed E-state index contributed by atoms with van der Waals surface area (Å²) in [7, 11) is 0. The molecule has 0 radical (unpaired) electrons. The first kappa shape index (κ1) is 15.7. The number of nitrogens with one attached hydrogen (secondary N) is 1. The van der Waals surface area contributed by atoms with Crippen molar-refractivity contribution in [2.45, 2.75) is 31.6 Å². The van der Waals surface area contributed by atoms with Crippen molar-refractivity contribution in [1.29, 1.82) is 5.26 Å². The summed E-state index contributed by atoms with van der Waals surface area (Å²) in [6, 6.07) is 3.88. The maximum Gasteiger partial charge on any atom is 0.272 e. The molecule has 1 saturated carbocycles. The van der Waals surface area contributed by atoms with Gasteiger partial charge < -0.3 is 15.3 Å². The van der Waals surface area contributed by atoms with Gasteiger partial charge in [-0.1, -0.05) is 12.8 Å². The molecular weight excluding hydrogens is 336 g/mol. The maximum atomic E-state index is 12.5. The van der Waals surface area contributed by atoms with E-state index in [0.717, 1.165) is 36.6 Å². The van der Waals surface area contributed by atoms with Gasteiger partial charge in [0.15, 0.2) is 0 Å². The second-order valence-electron chi connectivity index (χ2n) is 6.34. The second-order valence-corrected chi connectivity index (χ2v) is 7.25. The van der Waals surface area contributed by atoms with Gasteiger partial charge in [0.1, 0.15) is 11.6 Å². The van der Waals surface area contributed by atoms with E-state index in [2.05, 4.69) is 11.1 Å². The number of aromatic amines is 1. The van der Waals surface area contributed by atoms with Crippen molar-refractivity contribution in [3.63, 3.8) is 0 Å². The largest absolute Gasteiger partial charge is 0.365 e. The highest BCUT2D eigenvalue weighted by atomic mass is 32.1. The molecule has 126 valence electrons. The third kappa shape index (κ3) is 2.46. The van der Waals surface area contributed by atoms with Crippen molar-refractivity contribution in [1.82, 2.24) is 9.55 Å². The number of H-pyrrole nitrogens is 1. The van der Waals surface area contributed by atoms with E-state index in [4.69, 9.17) is 5.73 Å². The van der Waals surface area contributed by atoms with Crippen LogP contribution < -0.4 is 11.3 Å². The van der Waals surface area contributed by atoms with Gasteiger partial charge in [0.2, 0.25) is 0 Å². The standard InChI is InChI=1S/C18H16N4O2S/c19-6-11-7-21-18(24)16-15(11)13(10-3-1-2-4-10)8-22(16)12-5-14(17(20)23)25-9-12/h5,7-10H,1-4H2,(H2,20,23)(H,21,24). The van der Waals surface area contributed by atoms with E-state index in [1.54, 1.807) is 16.0 Å². The third-order valence-corrected chi connectivity index (χ3v) is 5.82. The molecule has 0 spiro atoms. The lowest BCUT2D eigenvalue weighted by Gasteiger charge is -2.07. The van der Waals surface area contributed by atoms with Crippen LogP contribution in [0.5, 0.6) is 0 Å². The normalized spacial score (nSPS) is 14.8. The van der Waals surface area contributed by atoms with Gasteiger partial charge in [0, 0.05) is 23.2 Å². The number of fused-ring (bicyclic) bond motifs is 1. The lowest BCUT2D eigenvalue weighted by Crippen LogP contribution is -2.10. The zero-order valence-corrected chi connectivity index (χ0v) is 14.2. The second kappa shape index (κ2) is 5.90. The average Bonchev–Trinajstić information content (AvgIpc) is 3.33. The summed E-state index contributed by atoms with van der Waals surface area (Å²) in [5.74, 6) is -0.137. The lowest BCUT2D eigenvalue weighted by molar-refractivity contribution is 0.100. The molecule has 3 aromatic heterocycles. The van der Waals surface area contributed by atoms with Crippen molar-refractivity contribution in [2.24, 2.45) is 5.73 Å². The molecule has 4 rings (SSSR count). The van der Waals surface area contributed by atoms with Crippen molar-refractivity contribution in [3.05, 3.63) is 50.2 Å². The van der Waals surface area contributed by atoms with Crippen LogP contribution in [0, 0.1) is 11.3 Å². The minimum absolute atomic E-state index is 0.245. The molecule has 0 saturated heterocycles. The Bertz CT molecular complexity index is 1080. The molecule has 0 atom stereocenters. The topological polar surface area (TPSA) is 105 Å². The summed E-state index contributed by atoms with van der Waals surface area (Å²) in [5, 5.41) is 12.0. The van der Waals surface area contributed by atoms with Crippen LogP contribution >= 0.6 is 11.3 Å². The predicted octanol–water partition coefficient (Wildman–Crippen LogP) is 3.01. The number of hydrogen-bond acceptors (Lipinski definition) is 4. The first-order chi connectivity index (χ1) is 12.1. The molecule has 6 nitrogen and oxygen atoms in total. The molecule has 3 heterocycles. The van der Waals surface area contributed by atoms with Crippen LogP contribution in [-0.4, -0.2) is 15.5 Å². The number of primary amides is 1. The van der Waals surface area contributed by atoms with Crippen LogP contribution in [0.1, 0.15) is 52.4 Å². The van der Waals surface area contributed by atoms with Crippen LogP contribution in [-0.2, 0) is 0 Å². The van der Waals surface area contributed by atoms with Crippen molar-refractivity contribution in [3.8, 4) is 11.8 Å². The van der Waals surface area contributed by atoms with E-state index >= 15 is 0 Å². The summed E-state index contributed by atoms with van der Waals surface area (Å²) in [5.41, 5.74) is 7.79. The summed E-state index contributed by atoms with van der Waals surface area (Å²) in [6.07, 6.45) is 7.87. The predicted molar refractivity (Wildman–Crippen MR) is 96.2 cm³/mol. The average molecular weight is 352 g/mol. The van der Waals surface area contributed by atoms with E-state index in [1.807, 2.05) is 6.20 Å². The molecule has 3 N–H and O–H groups in total. The van der Waals surface area contributed by atoms with Crippen molar-refractivity contribution in [2.75, 3.05) is 0 Å². The first-order valence-electron chi connectivity index (χ1n) is 8.15. The third-order valence-electron chi connectivity index (χ3n) is 4.89. The molecule has 0 aromatic carbocycles. The number of carbonyl (C=O) groups is 1. The Morgan fingerprint density at radius 1 is 1.40 bits per heavy atom. The lowest BCUT2D eigenvalue weighted by atomic mass is 9.96. The first-order valence-corrected chi connectivity index (χ1v) is 9.03. The minimum Gasteiger partial charge on any atom is -0.365 e.